The Balaban J connectivity index is 1.48. The molecular formula is C38H40Si. The summed E-state index contributed by atoms with van der Waals surface area (Å²) in [5.74, 6) is 0. The summed E-state index contributed by atoms with van der Waals surface area (Å²) in [5.41, 5.74) is 15.2. The molecule has 2 aliphatic rings. The average Bonchev–Trinajstić information content (AvgIpc) is 3.54. The van der Waals surface area contributed by atoms with E-state index in [0.717, 1.165) is 12.8 Å². The highest BCUT2D eigenvalue weighted by Crippen LogP contribution is 2.52. The van der Waals surface area contributed by atoms with Crippen molar-refractivity contribution >= 4 is 20.2 Å². The highest BCUT2D eigenvalue weighted by Gasteiger charge is 2.48. The van der Waals surface area contributed by atoms with Gasteiger partial charge in [0, 0.05) is 0 Å². The molecule has 0 unspecified atom stereocenters. The van der Waals surface area contributed by atoms with Crippen LogP contribution in [0.3, 0.4) is 0 Å². The lowest BCUT2D eigenvalue weighted by molar-refractivity contribution is 0.896. The van der Waals surface area contributed by atoms with E-state index in [0.29, 0.717) is 11.1 Å². The van der Waals surface area contributed by atoms with Gasteiger partial charge in [0.1, 0.15) is 8.07 Å². The van der Waals surface area contributed by atoms with Crippen LogP contribution in [0, 0.1) is 13.8 Å². The van der Waals surface area contributed by atoms with Crippen molar-refractivity contribution in [2.75, 3.05) is 0 Å². The molecule has 0 saturated heterocycles. The van der Waals surface area contributed by atoms with Crippen LogP contribution >= 0.6 is 0 Å². The van der Waals surface area contributed by atoms with Gasteiger partial charge in [-0.2, -0.15) is 0 Å². The van der Waals surface area contributed by atoms with E-state index in [9.17, 15) is 0 Å². The number of hydrogen-bond donors (Lipinski definition) is 0. The van der Waals surface area contributed by atoms with Crippen molar-refractivity contribution < 1.29 is 0 Å². The fourth-order valence-corrected chi connectivity index (χ4v) is 14.0. The van der Waals surface area contributed by atoms with Crippen molar-refractivity contribution in [3.8, 4) is 22.3 Å². The van der Waals surface area contributed by atoms with Gasteiger partial charge in [-0.05, 0) is 82.3 Å². The molecule has 1 heteroatoms. The molecule has 0 N–H and O–H groups in total. The first-order valence-electron chi connectivity index (χ1n) is 14.6. The standard InChI is InChI=1S/C38H40Si/c1-25(2)39(26(3)4,33-21-31-9-7-11-35(37(31)23-33)29-17-13-27(5)14-18-29)34-22-32-10-8-12-36(38(32)24-34)30-19-15-28(6)16-20-30/h7-20,23-26H,21-22H2,1-6H3. The smallest absolute Gasteiger partial charge is 0.0704 e. The van der Waals surface area contributed by atoms with Crippen molar-refractivity contribution in [2.24, 2.45) is 0 Å². The van der Waals surface area contributed by atoms with Crippen LogP contribution < -0.4 is 0 Å². The maximum Gasteiger partial charge on any atom is 0.114 e. The summed E-state index contributed by atoms with van der Waals surface area (Å²) in [4.78, 5) is 0. The van der Waals surface area contributed by atoms with E-state index in [-0.39, 0.29) is 0 Å². The first kappa shape index (κ1) is 25.8. The molecule has 2 aliphatic carbocycles. The molecule has 0 fully saturated rings. The lowest BCUT2D eigenvalue weighted by Crippen LogP contribution is -2.46. The number of hydrogen-bond acceptors (Lipinski definition) is 0. The fraction of sp³-hybridized carbons (Fsp3) is 0.263. The Morgan fingerprint density at radius 2 is 0.897 bits per heavy atom. The van der Waals surface area contributed by atoms with Gasteiger partial charge in [-0.1, -0.05) is 146 Å². The zero-order valence-corrected chi connectivity index (χ0v) is 25.3. The van der Waals surface area contributed by atoms with Gasteiger partial charge < -0.3 is 0 Å². The fourth-order valence-electron chi connectivity index (χ4n) is 7.59. The summed E-state index contributed by atoms with van der Waals surface area (Å²) in [5, 5.41) is 3.44. The lowest BCUT2D eigenvalue weighted by atomic mass is 9.97. The second kappa shape index (κ2) is 9.95. The summed E-state index contributed by atoms with van der Waals surface area (Å²) < 4.78 is 0. The van der Waals surface area contributed by atoms with Crippen LogP contribution in [0.15, 0.2) is 95.3 Å². The number of benzene rings is 4. The molecular weight excluding hydrogens is 485 g/mol. The lowest BCUT2D eigenvalue weighted by Gasteiger charge is -2.42. The van der Waals surface area contributed by atoms with E-state index in [1.54, 1.807) is 10.4 Å². The maximum absolute atomic E-state index is 2.63. The average molecular weight is 525 g/mol. The topological polar surface area (TPSA) is 0 Å². The van der Waals surface area contributed by atoms with Crippen molar-refractivity contribution in [2.45, 2.75) is 65.5 Å². The Bertz CT molecular complexity index is 1470. The van der Waals surface area contributed by atoms with Gasteiger partial charge in [0.15, 0.2) is 0 Å². The molecule has 196 valence electrons. The Morgan fingerprint density at radius 1 is 0.513 bits per heavy atom. The molecule has 39 heavy (non-hydrogen) atoms. The van der Waals surface area contributed by atoms with Gasteiger partial charge in [0.2, 0.25) is 0 Å². The van der Waals surface area contributed by atoms with Crippen LogP contribution in [-0.4, -0.2) is 8.07 Å². The minimum atomic E-state index is -2.02. The second-order valence-corrected chi connectivity index (χ2v) is 17.7. The molecule has 0 heterocycles. The molecule has 0 bridgehead atoms. The van der Waals surface area contributed by atoms with Gasteiger partial charge in [-0.15, -0.1) is 0 Å². The molecule has 0 spiro atoms. The van der Waals surface area contributed by atoms with Gasteiger partial charge in [0.05, 0.1) is 0 Å². The normalized spacial score (nSPS) is 14.5. The van der Waals surface area contributed by atoms with Crippen molar-refractivity contribution in [1.29, 1.82) is 0 Å². The van der Waals surface area contributed by atoms with Gasteiger partial charge in [-0.3, -0.25) is 0 Å². The minimum absolute atomic E-state index is 0.629. The van der Waals surface area contributed by atoms with Crippen molar-refractivity contribution in [1.82, 2.24) is 0 Å². The Kier molecular flexibility index (Phi) is 6.59. The van der Waals surface area contributed by atoms with Crippen LogP contribution in [-0.2, 0) is 12.8 Å². The second-order valence-electron chi connectivity index (χ2n) is 12.4. The van der Waals surface area contributed by atoms with Crippen molar-refractivity contribution in [3.63, 3.8) is 0 Å². The Labute approximate surface area is 236 Å². The number of fused-ring (bicyclic) bond motifs is 2. The first-order valence-corrected chi connectivity index (χ1v) is 16.7. The SMILES string of the molecule is Cc1ccc(-c2cccc3c2C=C([Si](C2=Cc4c(cccc4-c4ccc(C)cc4)C2)(C(C)C)C(C)C)C3)cc1. The Morgan fingerprint density at radius 3 is 1.26 bits per heavy atom. The predicted octanol–water partition coefficient (Wildman–Crippen LogP) is 10.6. The summed E-state index contributed by atoms with van der Waals surface area (Å²) in [6.07, 6.45) is 7.44. The minimum Gasteiger partial charge on any atom is -0.0704 e. The van der Waals surface area contributed by atoms with E-state index in [1.807, 2.05) is 0 Å². The molecule has 0 radical (unpaired) electrons. The summed E-state index contributed by atoms with van der Waals surface area (Å²) in [6.45, 7) is 14.3. The molecule has 0 aliphatic heterocycles. The third-order valence-corrected chi connectivity index (χ3v) is 15.8. The largest absolute Gasteiger partial charge is 0.114 e. The van der Waals surface area contributed by atoms with Crippen LogP contribution in [0.25, 0.3) is 34.4 Å². The molecule has 0 atom stereocenters. The molecule has 6 rings (SSSR count). The molecule has 0 saturated carbocycles. The van der Waals surface area contributed by atoms with Crippen LogP contribution in [0.2, 0.25) is 11.1 Å². The monoisotopic (exact) mass is 524 g/mol. The zero-order valence-electron chi connectivity index (χ0n) is 24.3. The van der Waals surface area contributed by atoms with Gasteiger partial charge >= 0.3 is 0 Å². The molecule has 0 amide bonds. The van der Waals surface area contributed by atoms with E-state index < -0.39 is 8.07 Å². The predicted molar refractivity (Wildman–Crippen MR) is 173 cm³/mol. The highest BCUT2D eigenvalue weighted by molar-refractivity contribution is 6.96. The quantitative estimate of drug-likeness (QED) is 0.220. The van der Waals surface area contributed by atoms with E-state index >= 15 is 0 Å². The summed E-state index contributed by atoms with van der Waals surface area (Å²) >= 11 is 0. The van der Waals surface area contributed by atoms with Crippen LogP contribution in [0.5, 0.6) is 0 Å². The number of rotatable bonds is 6. The number of aryl methyl sites for hydroxylation is 2. The summed E-state index contributed by atoms with van der Waals surface area (Å²) in [6, 6.07) is 32.0. The van der Waals surface area contributed by atoms with Gasteiger partial charge in [-0.25, -0.2) is 0 Å². The highest BCUT2D eigenvalue weighted by atomic mass is 28.3. The molecule has 4 aromatic carbocycles. The van der Waals surface area contributed by atoms with E-state index in [2.05, 4.69) is 139 Å². The van der Waals surface area contributed by atoms with E-state index in [4.69, 9.17) is 0 Å². The molecule has 4 aromatic rings. The molecule has 0 aromatic heterocycles. The van der Waals surface area contributed by atoms with Crippen molar-refractivity contribution in [3.05, 3.63) is 129 Å². The van der Waals surface area contributed by atoms with Crippen LogP contribution in [0.1, 0.15) is 61.1 Å². The first-order chi connectivity index (χ1) is 18.8. The third-order valence-electron chi connectivity index (χ3n) is 9.40. The number of allylic oxidation sites excluding steroid dienone is 2. The molecule has 0 nitrogen and oxygen atoms in total. The van der Waals surface area contributed by atoms with E-state index in [1.165, 1.54) is 55.6 Å². The zero-order chi connectivity index (χ0) is 27.3. The maximum atomic E-state index is 2.63. The van der Waals surface area contributed by atoms with Gasteiger partial charge in [0.25, 0.3) is 0 Å². The van der Waals surface area contributed by atoms with Crippen LogP contribution in [0.4, 0.5) is 0 Å². The Hall–Kier alpha value is -3.42. The summed E-state index contributed by atoms with van der Waals surface area (Å²) in [7, 11) is -2.02. The third kappa shape index (κ3) is 4.28.